The molecular formula is C25H27FN4O4S. The van der Waals surface area contributed by atoms with Crippen molar-refractivity contribution in [2.75, 3.05) is 10.2 Å². The van der Waals surface area contributed by atoms with E-state index in [0.717, 1.165) is 0 Å². The molecule has 0 saturated heterocycles. The number of carbonyl (C=O) groups is 3. The molecule has 1 heterocycles. The van der Waals surface area contributed by atoms with E-state index in [1.807, 2.05) is 20.8 Å². The number of hydrogen-bond donors (Lipinski definition) is 3. The quantitative estimate of drug-likeness (QED) is 0.426. The molecule has 3 N–H and O–H groups in total. The molecule has 3 aromatic rings. The molecule has 0 radical (unpaired) electrons. The molecular weight excluding hydrogens is 471 g/mol. The summed E-state index contributed by atoms with van der Waals surface area (Å²) in [6.45, 7) is 5.43. The highest BCUT2D eigenvalue weighted by atomic mass is 32.1. The van der Waals surface area contributed by atoms with E-state index in [0.29, 0.717) is 16.4 Å². The number of nitrogens with one attached hydrogen (secondary N) is 2. The van der Waals surface area contributed by atoms with E-state index in [9.17, 15) is 23.9 Å². The van der Waals surface area contributed by atoms with Gasteiger partial charge in [-0.2, -0.15) is 0 Å². The zero-order valence-corrected chi connectivity index (χ0v) is 20.4. The molecule has 10 heteroatoms. The van der Waals surface area contributed by atoms with Gasteiger partial charge in [0, 0.05) is 35.6 Å². The molecule has 0 aliphatic rings. The highest BCUT2D eigenvalue weighted by Crippen LogP contribution is 2.31. The summed E-state index contributed by atoms with van der Waals surface area (Å²) in [5.74, 6) is -1.86. The van der Waals surface area contributed by atoms with Gasteiger partial charge in [0.1, 0.15) is 17.6 Å². The van der Waals surface area contributed by atoms with Crippen LogP contribution in [0.3, 0.4) is 0 Å². The Balaban J connectivity index is 1.95. The molecule has 0 saturated carbocycles. The molecule has 0 fully saturated rings. The number of aromatic nitrogens is 1. The largest absolute Gasteiger partial charge is 0.508 e. The van der Waals surface area contributed by atoms with Crippen molar-refractivity contribution < 1.29 is 23.9 Å². The lowest BCUT2D eigenvalue weighted by Gasteiger charge is -2.34. The third-order valence-corrected chi connectivity index (χ3v) is 5.52. The van der Waals surface area contributed by atoms with Crippen molar-refractivity contribution in [2.45, 2.75) is 45.2 Å². The van der Waals surface area contributed by atoms with E-state index in [-0.39, 0.29) is 18.6 Å². The summed E-state index contributed by atoms with van der Waals surface area (Å²) in [6.07, 6.45) is 1.21. The maximum atomic E-state index is 13.7. The van der Waals surface area contributed by atoms with Crippen molar-refractivity contribution in [3.05, 3.63) is 71.5 Å². The molecule has 0 aliphatic carbocycles. The van der Waals surface area contributed by atoms with Gasteiger partial charge in [-0.25, -0.2) is 9.37 Å². The van der Waals surface area contributed by atoms with Crippen LogP contribution in [0, 0.1) is 5.82 Å². The summed E-state index contributed by atoms with van der Waals surface area (Å²) < 4.78 is 13.7. The Labute approximate surface area is 206 Å². The minimum absolute atomic E-state index is 0.00208. The van der Waals surface area contributed by atoms with Crippen molar-refractivity contribution in [1.29, 1.82) is 0 Å². The summed E-state index contributed by atoms with van der Waals surface area (Å²) in [7, 11) is 0. The lowest BCUT2D eigenvalue weighted by Crippen LogP contribution is -2.49. The monoisotopic (exact) mass is 498 g/mol. The van der Waals surface area contributed by atoms with Crippen LogP contribution >= 0.6 is 11.3 Å². The Hall–Kier alpha value is -3.79. The van der Waals surface area contributed by atoms with Crippen LogP contribution in [-0.4, -0.2) is 33.4 Å². The second kappa shape index (κ2) is 11.1. The number of thiazole rings is 1. The number of phenols is 1. The van der Waals surface area contributed by atoms with E-state index in [4.69, 9.17) is 0 Å². The fourth-order valence-corrected chi connectivity index (χ4v) is 3.90. The Morgan fingerprint density at radius 3 is 2.29 bits per heavy atom. The Morgan fingerprint density at radius 2 is 1.71 bits per heavy atom. The summed E-state index contributed by atoms with van der Waals surface area (Å²) in [6, 6.07) is 9.99. The van der Waals surface area contributed by atoms with Gasteiger partial charge in [0.2, 0.25) is 17.7 Å². The van der Waals surface area contributed by atoms with E-state index < -0.39 is 35.1 Å². The van der Waals surface area contributed by atoms with Gasteiger partial charge in [-0.3, -0.25) is 19.3 Å². The number of amides is 3. The van der Waals surface area contributed by atoms with Crippen molar-refractivity contribution in [2.24, 2.45) is 0 Å². The smallest absolute Gasteiger partial charge is 0.248 e. The van der Waals surface area contributed by atoms with Crippen LogP contribution in [-0.2, 0) is 14.4 Å². The van der Waals surface area contributed by atoms with Crippen LogP contribution in [0.15, 0.2) is 60.1 Å². The first kappa shape index (κ1) is 25.8. The number of benzene rings is 2. The summed E-state index contributed by atoms with van der Waals surface area (Å²) in [4.78, 5) is 44.5. The maximum Gasteiger partial charge on any atom is 0.248 e. The van der Waals surface area contributed by atoms with Gasteiger partial charge in [-0.1, -0.05) is 12.1 Å². The number of carbonyl (C=O) groups excluding carboxylic acids is 3. The molecule has 8 nitrogen and oxygen atoms in total. The molecule has 1 atom stereocenters. The molecule has 3 rings (SSSR count). The topological polar surface area (TPSA) is 112 Å². The molecule has 0 unspecified atom stereocenters. The Kier molecular flexibility index (Phi) is 8.18. The minimum Gasteiger partial charge on any atom is -0.508 e. The van der Waals surface area contributed by atoms with Crippen molar-refractivity contribution >= 4 is 39.9 Å². The molecule has 3 amide bonds. The Bertz CT molecular complexity index is 1160. The number of hydrogen-bond acceptors (Lipinski definition) is 6. The average Bonchev–Trinajstić information content (AvgIpc) is 3.29. The SMILES string of the molecule is CC(C)(C)NC(=O)[C@H](c1ccc(O)cc1)N(C(=O)CCC(=O)Nc1nccs1)c1ccc(F)cc1. The zero-order chi connectivity index (χ0) is 25.6. The Morgan fingerprint density at radius 1 is 1.06 bits per heavy atom. The van der Waals surface area contributed by atoms with Crippen molar-refractivity contribution in [3.63, 3.8) is 0 Å². The van der Waals surface area contributed by atoms with Crippen molar-refractivity contribution in [3.8, 4) is 5.75 Å². The van der Waals surface area contributed by atoms with Gasteiger partial charge < -0.3 is 15.7 Å². The van der Waals surface area contributed by atoms with E-state index >= 15 is 0 Å². The molecule has 0 bridgehead atoms. The molecule has 35 heavy (non-hydrogen) atoms. The van der Waals surface area contributed by atoms with E-state index in [1.54, 1.807) is 23.7 Å². The van der Waals surface area contributed by atoms with Gasteiger partial charge in [-0.15, -0.1) is 11.3 Å². The first-order valence-corrected chi connectivity index (χ1v) is 11.8. The predicted molar refractivity (Wildman–Crippen MR) is 133 cm³/mol. The normalized spacial score (nSPS) is 12.0. The van der Waals surface area contributed by atoms with Crippen LogP contribution in [0.2, 0.25) is 0 Å². The van der Waals surface area contributed by atoms with Crippen molar-refractivity contribution in [1.82, 2.24) is 10.3 Å². The van der Waals surface area contributed by atoms with E-state index in [2.05, 4.69) is 15.6 Å². The first-order chi connectivity index (χ1) is 16.5. The lowest BCUT2D eigenvalue weighted by atomic mass is 10.00. The van der Waals surface area contributed by atoms with Crippen LogP contribution in [0.25, 0.3) is 0 Å². The number of halogens is 1. The number of aromatic hydroxyl groups is 1. The molecule has 184 valence electrons. The summed E-state index contributed by atoms with van der Waals surface area (Å²) in [5, 5.41) is 17.4. The number of anilines is 2. The molecule has 2 aromatic carbocycles. The third kappa shape index (κ3) is 7.35. The molecule has 0 aliphatic heterocycles. The second-order valence-corrected chi connectivity index (χ2v) is 9.75. The van der Waals surface area contributed by atoms with Gasteiger partial charge in [-0.05, 0) is 62.7 Å². The maximum absolute atomic E-state index is 13.7. The fourth-order valence-electron chi connectivity index (χ4n) is 3.36. The number of phenolic OH excluding ortho intramolecular Hbond substituents is 1. The number of rotatable bonds is 8. The van der Waals surface area contributed by atoms with Crippen LogP contribution in [0.1, 0.15) is 45.2 Å². The van der Waals surface area contributed by atoms with Crippen LogP contribution in [0.4, 0.5) is 15.2 Å². The van der Waals surface area contributed by atoms with Gasteiger partial charge >= 0.3 is 0 Å². The lowest BCUT2D eigenvalue weighted by molar-refractivity contribution is -0.128. The van der Waals surface area contributed by atoms with Gasteiger partial charge in [0.25, 0.3) is 0 Å². The highest BCUT2D eigenvalue weighted by Gasteiger charge is 2.34. The molecule has 0 spiro atoms. The average molecular weight is 499 g/mol. The van der Waals surface area contributed by atoms with Crippen LogP contribution < -0.4 is 15.5 Å². The second-order valence-electron chi connectivity index (χ2n) is 8.86. The first-order valence-electron chi connectivity index (χ1n) is 10.9. The fraction of sp³-hybridized carbons (Fsp3) is 0.280. The molecule has 1 aromatic heterocycles. The predicted octanol–water partition coefficient (Wildman–Crippen LogP) is 4.40. The standard InChI is InChI=1S/C25H27FN4O4S/c1-25(2,3)29-23(34)22(16-4-10-19(31)11-5-16)30(18-8-6-17(26)7-9-18)21(33)13-12-20(32)28-24-27-14-15-35-24/h4-11,14-15,22,31H,12-13H2,1-3H3,(H,29,34)(H,27,28,32)/t22-/m0/s1. The zero-order valence-electron chi connectivity index (χ0n) is 19.6. The van der Waals surface area contributed by atoms with E-state index in [1.165, 1.54) is 52.6 Å². The number of nitrogens with zero attached hydrogens (tertiary/aromatic N) is 2. The van der Waals surface area contributed by atoms with Gasteiger partial charge in [0.15, 0.2) is 5.13 Å². The minimum atomic E-state index is -1.13. The summed E-state index contributed by atoms with van der Waals surface area (Å²) >= 11 is 1.26. The van der Waals surface area contributed by atoms with Crippen LogP contribution in [0.5, 0.6) is 5.75 Å². The third-order valence-electron chi connectivity index (χ3n) is 4.83. The summed E-state index contributed by atoms with van der Waals surface area (Å²) in [5.41, 5.74) is 0.130. The van der Waals surface area contributed by atoms with Gasteiger partial charge in [0.05, 0.1) is 0 Å². The highest BCUT2D eigenvalue weighted by molar-refractivity contribution is 7.13.